The standard InChI is InChI=1S/C17H16N4O3S/c22-17(23)11-4-2-8-21(10-11)15-12(5-1-7-18-15)16-19-14(20-24-16)13-6-3-9-25-13/h1,3,5-7,9,11H,2,4,8,10H2,(H,22,23). The fourth-order valence-corrected chi connectivity index (χ4v) is 3.67. The summed E-state index contributed by atoms with van der Waals surface area (Å²) in [5.41, 5.74) is 0.726. The van der Waals surface area contributed by atoms with Crippen molar-refractivity contribution in [3.05, 3.63) is 35.8 Å². The predicted octanol–water partition coefficient (Wildman–Crippen LogP) is 3.16. The number of aromatic nitrogens is 3. The Morgan fingerprint density at radius 1 is 1.36 bits per heavy atom. The molecule has 1 atom stereocenters. The second-order valence-corrected chi connectivity index (χ2v) is 6.85. The summed E-state index contributed by atoms with van der Waals surface area (Å²) in [5.74, 6) is 0.480. The van der Waals surface area contributed by atoms with Crippen molar-refractivity contribution in [3.63, 3.8) is 0 Å². The van der Waals surface area contributed by atoms with E-state index in [1.54, 1.807) is 17.5 Å². The molecule has 0 bridgehead atoms. The molecule has 25 heavy (non-hydrogen) atoms. The van der Waals surface area contributed by atoms with Gasteiger partial charge in [-0.3, -0.25) is 4.79 Å². The molecule has 0 spiro atoms. The van der Waals surface area contributed by atoms with Gasteiger partial charge in [0.25, 0.3) is 5.89 Å². The molecule has 3 aromatic heterocycles. The van der Waals surface area contributed by atoms with E-state index in [-0.39, 0.29) is 5.92 Å². The monoisotopic (exact) mass is 356 g/mol. The molecule has 8 heteroatoms. The van der Waals surface area contributed by atoms with Gasteiger partial charge in [0, 0.05) is 19.3 Å². The van der Waals surface area contributed by atoms with E-state index in [1.165, 1.54) is 0 Å². The number of hydrogen-bond acceptors (Lipinski definition) is 7. The number of anilines is 1. The second kappa shape index (κ2) is 6.64. The first kappa shape index (κ1) is 15.8. The molecule has 3 aromatic rings. The molecule has 1 fully saturated rings. The van der Waals surface area contributed by atoms with E-state index in [2.05, 4.69) is 15.1 Å². The first-order valence-corrected chi connectivity index (χ1v) is 8.91. The van der Waals surface area contributed by atoms with E-state index >= 15 is 0 Å². The molecule has 0 amide bonds. The van der Waals surface area contributed by atoms with Crippen molar-refractivity contribution in [2.75, 3.05) is 18.0 Å². The minimum Gasteiger partial charge on any atom is -0.481 e. The van der Waals surface area contributed by atoms with Crippen LogP contribution in [-0.4, -0.2) is 39.3 Å². The highest BCUT2D eigenvalue weighted by Crippen LogP contribution is 2.32. The molecule has 0 radical (unpaired) electrons. The molecule has 1 unspecified atom stereocenters. The summed E-state index contributed by atoms with van der Waals surface area (Å²) in [6, 6.07) is 7.56. The number of pyridine rings is 1. The lowest BCUT2D eigenvalue weighted by molar-refractivity contribution is -0.141. The molecular weight excluding hydrogens is 340 g/mol. The minimum absolute atomic E-state index is 0.382. The second-order valence-electron chi connectivity index (χ2n) is 5.90. The number of piperidine rings is 1. The number of thiophene rings is 1. The normalized spacial score (nSPS) is 17.6. The van der Waals surface area contributed by atoms with Gasteiger partial charge in [-0.05, 0) is 36.4 Å². The number of nitrogens with zero attached hydrogens (tertiary/aromatic N) is 4. The van der Waals surface area contributed by atoms with Crippen LogP contribution in [0.5, 0.6) is 0 Å². The number of rotatable bonds is 4. The van der Waals surface area contributed by atoms with Crippen LogP contribution in [0.15, 0.2) is 40.4 Å². The largest absolute Gasteiger partial charge is 0.481 e. The van der Waals surface area contributed by atoms with Crippen LogP contribution in [0.25, 0.3) is 22.2 Å². The Morgan fingerprint density at radius 2 is 2.28 bits per heavy atom. The summed E-state index contributed by atoms with van der Waals surface area (Å²) < 4.78 is 5.44. The summed E-state index contributed by atoms with van der Waals surface area (Å²) in [6.07, 6.45) is 3.20. The van der Waals surface area contributed by atoms with Gasteiger partial charge in [-0.1, -0.05) is 11.2 Å². The summed E-state index contributed by atoms with van der Waals surface area (Å²) in [5, 5.41) is 15.3. The van der Waals surface area contributed by atoms with E-state index in [4.69, 9.17) is 4.52 Å². The molecule has 0 aromatic carbocycles. The average Bonchev–Trinajstić information content (AvgIpc) is 3.33. The zero-order valence-corrected chi connectivity index (χ0v) is 14.1. The van der Waals surface area contributed by atoms with Crippen LogP contribution in [0.4, 0.5) is 5.82 Å². The van der Waals surface area contributed by atoms with E-state index < -0.39 is 5.97 Å². The van der Waals surface area contributed by atoms with Crippen molar-refractivity contribution in [2.24, 2.45) is 5.92 Å². The Kier molecular flexibility index (Phi) is 4.19. The van der Waals surface area contributed by atoms with Gasteiger partial charge in [0.1, 0.15) is 5.82 Å². The summed E-state index contributed by atoms with van der Waals surface area (Å²) >= 11 is 1.54. The van der Waals surface area contributed by atoms with Crippen LogP contribution >= 0.6 is 11.3 Å². The fourth-order valence-electron chi connectivity index (χ4n) is 3.03. The summed E-state index contributed by atoms with van der Waals surface area (Å²) in [4.78, 5) is 23.2. The first-order chi connectivity index (χ1) is 12.2. The van der Waals surface area contributed by atoms with E-state index in [9.17, 15) is 9.90 Å². The van der Waals surface area contributed by atoms with Crippen molar-refractivity contribution in [1.29, 1.82) is 0 Å². The smallest absolute Gasteiger partial charge is 0.308 e. The number of carboxylic acids is 1. The van der Waals surface area contributed by atoms with Crippen LogP contribution in [0.3, 0.4) is 0 Å². The Morgan fingerprint density at radius 3 is 3.08 bits per heavy atom. The first-order valence-electron chi connectivity index (χ1n) is 8.03. The number of hydrogen-bond donors (Lipinski definition) is 1. The molecular formula is C17H16N4O3S. The van der Waals surface area contributed by atoms with Gasteiger partial charge in [-0.2, -0.15) is 4.98 Å². The summed E-state index contributed by atoms with van der Waals surface area (Å²) in [6.45, 7) is 1.20. The van der Waals surface area contributed by atoms with Crippen LogP contribution in [0.2, 0.25) is 0 Å². The third-order valence-electron chi connectivity index (χ3n) is 4.25. The number of carbonyl (C=O) groups is 1. The highest BCUT2D eigenvalue weighted by atomic mass is 32.1. The Balaban J connectivity index is 1.66. The van der Waals surface area contributed by atoms with Gasteiger partial charge in [0.05, 0.1) is 16.4 Å². The fraction of sp³-hybridized carbons (Fsp3) is 0.294. The van der Waals surface area contributed by atoms with Crippen molar-refractivity contribution >= 4 is 23.1 Å². The Bertz CT molecular complexity index is 878. The molecule has 1 aliphatic heterocycles. The maximum absolute atomic E-state index is 11.3. The van der Waals surface area contributed by atoms with Crippen LogP contribution in [0, 0.1) is 5.92 Å². The lowest BCUT2D eigenvalue weighted by Gasteiger charge is -2.32. The highest BCUT2D eigenvalue weighted by molar-refractivity contribution is 7.13. The Labute approximate surface area is 147 Å². The molecule has 7 nitrogen and oxygen atoms in total. The molecule has 128 valence electrons. The molecule has 1 N–H and O–H groups in total. The van der Waals surface area contributed by atoms with Gasteiger partial charge < -0.3 is 14.5 Å². The molecule has 4 rings (SSSR count). The number of carboxylic acid groups (broad SMARTS) is 1. The zero-order chi connectivity index (χ0) is 17.2. The Hall–Kier alpha value is -2.74. The molecule has 0 saturated carbocycles. The third-order valence-corrected chi connectivity index (χ3v) is 5.12. The molecule has 0 aliphatic carbocycles. The quantitative estimate of drug-likeness (QED) is 0.767. The van der Waals surface area contributed by atoms with Gasteiger partial charge in [-0.15, -0.1) is 11.3 Å². The van der Waals surface area contributed by atoms with E-state index in [0.29, 0.717) is 30.5 Å². The van der Waals surface area contributed by atoms with Gasteiger partial charge in [-0.25, -0.2) is 4.98 Å². The van der Waals surface area contributed by atoms with Crippen molar-refractivity contribution in [1.82, 2.24) is 15.1 Å². The van der Waals surface area contributed by atoms with E-state index in [1.807, 2.05) is 34.5 Å². The third kappa shape index (κ3) is 3.12. The highest BCUT2D eigenvalue weighted by Gasteiger charge is 2.28. The zero-order valence-electron chi connectivity index (χ0n) is 13.3. The van der Waals surface area contributed by atoms with Crippen LogP contribution < -0.4 is 4.90 Å². The SMILES string of the molecule is O=C(O)C1CCCN(c2ncccc2-c2nc(-c3cccs3)no2)C1. The van der Waals surface area contributed by atoms with Crippen LogP contribution in [-0.2, 0) is 4.79 Å². The van der Waals surface area contributed by atoms with Crippen molar-refractivity contribution in [2.45, 2.75) is 12.8 Å². The topological polar surface area (TPSA) is 92.3 Å². The maximum Gasteiger partial charge on any atom is 0.308 e. The molecule has 4 heterocycles. The number of aliphatic carboxylic acids is 1. The van der Waals surface area contributed by atoms with Crippen molar-refractivity contribution in [3.8, 4) is 22.2 Å². The van der Waals surface area contributed by atoms with Gasteiger partial charge in [0.15, 0.2) is 0 Å². The van der Waals surface area contributed by atoms with Gasteiger partial charge in [0.2, 0.25) is 5.82 Å². The van der Waals surface area contributed by atoms with Crippen molar-refractivity contribution < 1.29 is 14.4 Å². The van der Waals surface area contributed by atoms with Crippen LogP contribution in [0.1, 0.15) is 12.8 Å². The maximum atomic E-state index is 11.3. The molecule has 1 saturated heterocycles. The minimum atomic E-state index is -0.764. The van der Waals surface area contributed by atoms with E-state index in [0.717, 1.165) is 23.4 Å². The average molecular weight is 356 g/mol. The summed E-state index contributed by atoms with van der Waals surface area (Å²) in [7, 11) is 0. The lowest BCUT2D eigenvalue weighted by atomic mass is 9.98. The lowest BCUT2D eigenvalue weighted by Crippen LogP contribution is -2.39. The predicted molar refractivity (Wildman–Crippen MR) is 93.4 cm³/mol. The molecule has 1 aliphatic rings. The van der Waals surface area contributed by atoms with Gasteiger partial charge >= 0.3 is 5.97 Å².